The lowest BCUT2D eigenvalue weighted by atomic mass is 9.87. The second-order valence-electron chi connectivity index (χ2n) is 8.33. The fraction of sp³-hybridized carbons (Fsp3) is 0.400. The number of alkyl halides is 3. The molecule has 1 aliphatic heterocycles. The van der Waals surface area contributed by atoms with Crippen molar-refractivity contribution in [1.82, 2.24) is 5.32 Å². The molecular formula is C25H26F3NO4. The van der Waals surface area contributed by atoms with E-state index in [1.807, 2.05) is 18.2 Å². The number of benzene rings is 2. The van der Waals surface area contributed by atoms with Gasteiger partial charge in [-0.2, -0.15) is 0 Å². The maximum Gasteiger partial charge on any atom is 0.573 e. The first kappa shape index (κ1) is 23.0. The Balaban J connectivity index is 1.50. The molecule has 1 saturated carbocycles. The molecule has 1 atom stereocenters. The number of carbonyl (C=O) groups is 1. The van der Waals surface area contributed by atoms with Crippen molar-refractivity contribution in [2.75, 3.05) is 13.7 Å². The van der Waals surface area contributed by atoms with Gasteiger partial charge in [-0.25, -0.2) is 0 Å². The van der Waals surface area contributed by atoms with Crippen molar-refractivity contribution in [1.29, 1.82) is 0 Å². The number of halogens is 3. The van der Waals surface area contributed by atoms with E-state index in [-0.39, 0.29) is 23.7 Å². The van der Waals surface area contributed by atoms with Gasteiger partial charge in [-0.3, -0.25) is 4.79 Å². The van der Waals surface area contributed by atoms with Crippen LogP contribution in [0.1, 0.15) is 49.1 Å². The van der Waals surface area contributed by atoms with E-state index in [0.29, 0.717) is 35.6 Å². The van der Waals surface area contributed by atoms with Crippen LogP contribution in [0.3, 0.4) is 0 Å². The van der Waals surface area contributed by atoms with Gasteiger partial charge in [0.25, 0.3) is 0 Å². The summed E-state index contributed by atoms with van der Waals surface area (Å²) >= 11 is 0. The monoisotopic (exact) mass is 461 g/mol. The Bertz CT molecular complexity index is 1010. The lowest BCUT2D eigenvalue weighted by Crippen LogP contribution is -2.35. The SMILES string of the molecule is COc1ccc(C2CNC(=O)C(=Cc3ccc(OC(F)(F)F)cc3)C2)cc1OC1CCCC1. The molecule has 1 N–H and O–H groups in total. The van der Waals surface area contributed by atoms with E-state index in [1.54, 1.807) is 13.2 Å². The van der Waals surface area contributed by atoms with Crippen LogP contribution in [-0.2, 0) is 4.79 Å². The summed E-state index contributed by atoms with van der Waals surface area (Å²) in [6, 6.07) is 11.3. The van der Waals surface area contributed by atoms with Gasteiger partial charge < -0.3 is 19.5 Å². The van der Waals surface area contributed by atoms with Crippen LogP contribution in [0.2, 0.25) is 0 Å². The molecule has 0 spiro atoms. The highest BCUT2D eigenvalue weighted by Gasteiger charge is 2.31. The first-order valence-corrected chi connectivity index (χ1v) is 11.0. The molecule has 33 heavy (non-hydrogen) atoms. The smallest absolute Gasteiger partial charge is 0.493 e. The number of methoxy groups -OCH3 is 1. The summed E-state index contributed by atoms with van der Waals surface area (Å²) < 4.78 is 52.6. The highest BCUT2D eigenvalue weighted by atomic mass is 19.4. The van der Waals surface area contributed by atoms with Gasteiger partial charge in [0.2, 0.25) is 5.91 Å². The molecular weight excluding hydrogens is 435 g/mol. The minimum atomic E-state index is -4.74. The molecule has 1 amide bonds. The second-order valence-corrected chi connectivity index (χ2v) is 8.33. The van der Waals surface area contributed by atoms with Crippen molar-refractivity contribution < 1.29 is 32.2 Å². The average molecular weight is 461 g/mol. The van der Waals surface area contributed by atoms with E-state index in [0.717, 1.165) is 18.4 Å². The van der Waals surface area contributed by atoms with E-state index < -0.39 is 6.36 Å². The van der Waals surface area contributed by atoms with Gasteiger partial charge in [0.15, 0.2) is 11.5 Å². The second kappa shape index (κ2) is 9.77. The number of hydrogen-bond donors (Lipinski definition) is 1. The quantitative estimate of drug-likeness (QED) is 0.569. The van der Waals surface area contributed by atoms with Gasteiger partial charge in [0.1, 0.15) is 5.75 Å². The van der Waals surface area contributed by atoms with Crippen LogP contribution < -0.4 is 19.5 Å². The molecule has 5 nitrogen and oxygen atoms in total. The van der Waals surface area contributed by atoms with Gasteiger partial charge in [0, 0.05) is 18.0 Å². The summed E-state index contributed by atoms with van der Waals surface area (Å²) in [7, 11) is 1.61. The number of rotatable bonds is 6. The molecule has 1 unspecified atom stereocenters. The molecule has 0 aromatic heterocycles. The predicted octanol–water partition coefficient (Wildman–Crippen LogP) is 5.60. The van der Waals surface area contributed by atoms with Crippen LogP contribution >= 0.6 is 0 Å². The van der Waals surface area contributed by atoms with Gasteiger partial charge in [0.05, 0.1) is 13.2 Å². The first-order chi connectivity index (χ1) is 15.8. The highest BCUT2D eigenvalue weighted by Crippen LogP contribution is 2.37. The summed E-state index contributed by atoms with van der Waals surface area (Å²) in [6.45, 7) is 0.490. The van der Waals surface area contributed by atoms with Crippen LogP contribution in [0.15, 0.2) is 48.0 Å². The van der Waals surface area contributed by atoms with Gasteiger partial charge in [-0.1, -0.05) is 18.2 Å². The van der Waals surface area contributed by atoms with E-state index in [4.69, 9.17) is 9.47 Å². The van der Waals surface area contributed by atoms with Gasteiger partial charge >= 0.3 is 6.36 Å². The van der Waals surface area contributed by atoms with Crippen LogP contribution in [0.4, 0.5) is 13.2 Å². The number of ether oxygens (including phenoxy) is 3. The largest absolute Gasteiger partial charge is 0.573 e. The topological polar surface area (TPSA) is 56.8 Å². The molecule has 2 fully saturated rings. The molecule has 8 heteroatoms. The zero-order valence-corrected chi connectivity index (χ0v) is 18.3. The summed E-state index contributed by atoms with van der Waals surface area (Å²) in [6.07, 6.45) is 2.05. The highest BCUT2D eigenvalue weighted by molar-refractivity contribution is 5.98. The van der Waals surface area contributed by atoms with Crippen molar-refractivity contribution in [3.05, 3.63) is 59.2 Å². The van der Waals surface area contributed by atoms with Gasteiger partial charge in [-0.05, 0) is 73.6 Å². The normalized spacial score (nSPS) is 20.5. The minimum Gasteiger partial charge on any atom is -0.493 e. The summed E-state index contributed by atoms with van der Waals surface area (Å²) in [4.78, 5) is 12.4. The maximum absolute atomic E-state index is 12.4. The fourth-order valence-electron chi connectivity index (χ4n) is 4.31. The van der Waals surface area contributed by atoms with Crippen molar-refractivity contribution in [3.8, 4) is 17.2 Å². The van der Waals surface area contributed by atoms with Crippen LogP contribution in [0, 0.1) is 0 Å². The van der Waals surface area contributed by atoms with E-state index in [1.165, 1.54) is 37.1 Å². The Morgan fingerprint density at radius 2 is 1.76 bits per heavy atom. The molecule has 1 saturated heterocycles. The standard InChI is InChI=1S/C25H26F3NO4/c1-31-22-11-8-17(14-23(22)32-20-4-2-3-5-20)19-13-18(24(30)29-15-19)12-16-6-9-21(10-7-16)33-25(26,27)28/h6-12,14,19-20H,2-5,13,15H2,1H3,(H,29,30). The van der Waals surface area contributed by atoms with Crippen molar-refractivity contribution in [3.63, 3.8) is 0 Å². The Kier molecular flexibility index (Phi) is 6.81. The molecule has 2 aliphatic rings. The van der Waals surface area contributed by atoms with E-state index in [2.05, 4.69) is 10.1 Å². The third-order valence-corrected chi connectivity index (χ3v) is 5.98. The minimum absolute atomic E-state index is 0.0404. The van der Waals surface area contributed by atoms with E-state index >= 15 is 0 Å². The predicted molar refractivity (Wildman–Crippen MR) is 117 cm³/mol. The molecule has 1 aliphatic carbocycles. The van der Waals surface area contributed by atoms with Crippen molar-refractivity contribution in [2.24, 2.45) is 0 Å². The summed E-state index contributed by atoms with van der Waals surface area (Å²) in [5.74, 6) is 0.951. The van der Waals surface area contributed by atoms with E-state index in [9.17, 15) is 18.0 Å². The lowest BCUT2D eigenvalue weighted by molar-refractivity contribution is -0.274. The van der Waals surface area contributed by atoms with Crippen molar-refractivity contribution >= 4 is 12.0 Å². The number of amides is 1. The zero-order valence-electron chi connectivity index (χ0n) is 18.3. The summed E-state index contributed by atoms with van der Waals surface area (Å²) in [5.41, 5.74) is 2.21. The molecule has 176 valence electrons. The number of hydrogen-bond acceptors (Lipinski definition) is 4. The van der Waals surface area contributed by atoms with Crippen molar-refractivity contribution in [2.45, 2.75) is 50.5 Å². The van der Waals surface area contributed by atoms with Crippen LogP contribution in [0.25, 0.3) is 6.08 Å². The van der Waals surface area contributed by atoms with Crippen LogP contribution in [-0.4, -0.2) is 32.0 Å². The Hall–Kier alpha value is -3.16. The Labute approximate surface area is 190 Å². The molecule has 0 radical (unpaired) electrons. The Morgan fingerprint density at radius 3 is 2.42 bits per heavy atom. The molecule has 0 bridgehead atoms. The third kappa shape index (κ3) is 6.00. The third-order valence-electron chi connectivity index (χ3n) is 5.98. The summed E-state index contributed by atoms with van der Waals surface area (Å²) in [5, 5.41) is 2.91. The average Bonchev–Trinajstić information content (AvgIpc) is 3.29. The molecule has 2 aromatic rings. The lowest BCUT2D eigenvalue weighted by Gasteiger charge is -2.26. The fourth-order valence-corrected chi connectivity index (χ4v) is 4.31. The number of nitrogens with one attached hydrogen (secondary N) is 1. The molecule has 4 rings (SSSR count). The van der Waals surface area contributed by atoms with Gasteiger partial charge in [-0.15, -0.1) is 13.2 Å². The first-order valence-electron chi connectivity index (χ1n) is 11.0. The molecule has 2 aromatic carbocycles. The molecule has 1 heterocycles. The maximum atomic E-state index is 12.4. The van der Waals surface area contributed by atoms with Crippen LogP contribution in [0.5, 0.6) is 17.2 Å². The number of carbonyl (C=O) groups excluding carboxylic acids is 1. The number of piperidine rings is 1. The zero-order chi connectivity index (χ0) is 23.4. The Morgan fingerprint density at radius 1 is 1.03 bits per heavy atom.